The van der Waals surface area contributed by atoms with Crippen LogP contribution in [-0.2, 0) is 0 Å². The smallest absolute Gasteiger partial charge is 0.0383 e. The molecule has 2 fully saturated rings. The standard InChI is InChI=1S/C16H30/c1-3-4-5-6-7-8-13(2)16-11-14-9-10-15(14)12-16/h13-16H,3-12H2,1-2H3. The topological polar surface area (TPSA) is 0 Å². The summed E-state index contributed by atoms with van der Waals surface area (Å²) < 4.78 is 0. The van der Waals surface area contributed by atoms with Crippen molar-refractivity contribution in [1.29, 1.82) is 0 Å². The van der Waals surface area contributed by atoms with Gasteiger partial charge in [-0.3, -0.25) is 0 Å². The predicted molar refractivity (Wildman–Crippen MR) is 71.5 cm³/mol. The Bertz CT molecular complexity index is 184. The second kappa shape index (κ2) is 6.07. The van der Waals surface area contributed by atoms with Crippen LogP contribution in [0.25, 0.3) is 0 Å². The van der Waals surface area contributed by atoms with Crippen LogP contribution in [0, 0.1) is 23.7 Å². The summed E-state index contributed by atoms with van der Waals surface area (Å²) in [4.78, 5) is 0. The average molecular weight is 222 g/mol. The Hall–Kier alpha value is 0. The fraction of sp³-hybridized carbons (Fsp3) is 1.00. The van der Waals surface area contributed by atoms with Gasteiger partial charge >= 0.3 is 0 Å². The fourth-order valence-corrected chi connectivity index (χ4v) is 3.90. The summed E-state index contributed by atoms with van der Waals surface area (Å²) in [6, 6.07) is 0. The minimum Gasteiger partial charge on any atom is -0.0654 e. The first-order valence-corrected chi connectivity index (χ1v) is 7.81. The normalized spacial score (nSPS) is 34.5. The van der Waals surface area contributed by atoms with Crippen molar-refractivity contribution in [3.63, 3.8) is 0 Å². The van der Waals surface area contributed by atoms with E-state index in [9.17, 15) is 0 Å². The predicted octanol–water partition coefficient (Wildman–Crippen LogP) is 5.42. The van der Waals surface area contributed by atoms with E-state index < -0.39 is 0 Å². The molecule has 0 aromatic carbocycles. The van der Waals surface area contributed by atoms with Crippen molar-refractivity contribution in [2.75, 3.05) is 0 Å². The highest BCUT2D eigenvalue weighted by molar-refractivity contribution is 4.92. The van der Waals surface area contributed by atoms with Gasteiger partial charge in [0.1, 0.15) is 0 Å². The van der Waals surface area contributed by atoms with Gasteiger partial charge in [-0.05, 0) is 49.4 Å². The highest BCUT2D eigenvalue weighted by atomic mass is 14.5. The van der Waals surface area contributed by atoms with E-state index in [0.29, 0.717) is 0 Å². The van der Waals surface area contributed by atoms with Gasteiger partial charge in [-0.15, -0.1) is 0 Å². The first-order chi connectivity index (χ1) is 7.81. The molecule has 16 heavy (non-hydrogen) atoms. The summed E-state index contributed by atoms with van der Waals surface area (Å²) in [5.41, 5.74) is 0. The fourth-order valence-electron chi connectivity index (χ4n) is 3.90. The van der Waals surface area contributed by atoms with Crippen LogP contribution in [0.3, 0.4) is 0 Å². The molecule has 0 aromatic rings. The maximum Gasteiger partial charge on any atom is -0.0383 e. The molecule has 0 aromatic heterocycles. The summed E-state index contributed by atoms with van der Waals surface area (Å²) in [6.45, 7) is 4.83. The second-order valence-corrected chi connectivity index (χ2v) is 6.51. The van der Waals surface area contributed by atoms with Gasteiger partial charge in [-0.1, -0.05) is 52.4 Å². The van der Waals surface area contributed by atoms with Gasteiger partial charge in [-0.25, -0.2) is 0 Å². The van der Waals surface area contributed by atoms with E-state index in [4.69, 9.17) is 0 Å². The summed E-state index contributed by atoms with van der Waals surface area (Å²) in [5.74, 6) is 4.44. The molecular weight excluding hydrogens is 192 g/mol. The van der Waals surface area contributed by atoms with Crippen molar-refractivity contribution in [2.45, 2.75) is 78.1 Å². The van der Waals surface area contributed by atoms with Crippen LogP contribution >= 0.6 is 0 Å². The maximum atomic E-state index is 2.52. The molecule has 0 nitrogen and oxygen atoms in total. The van der Waals surface area contributed by atoms with E-state index in [1.165, 1.54) is 38.5 Å². The quantitative estimate of drug-likeness (QED) is 0.505. The summed E-state index contributed by atoms with van der Waals surface area (Å²) in [7, 11) is 0. The van der Waals surface area contributed by atoms with E-state index in [-0.39, 0.29) is 0 Å². The third kappa shape index (κ3) is 3.02. The number of fused-ring (bicyclic) bond motifs is 1. The molecule has 2 saturated carbocycles. The van der Waals surface area contributed by atoms with Gasteiger partial charge in [0.15, 0.2) is 0 Å². The Labute approximate surface area is 102 Å². The van der Waals surface area contributed by atoms with E-state index in [2.05, 4.69) is 13.8 Å². The van der Waals surface area contributed by atoms with E-state index in [1.54, 1.807) is 25.7 Å². The summed E-state index contributed by atoms with van der Waals surface area (Å²) in [6.07, 6.45) is 15.1. The molecule has 2 aliphatic rings. The van der Waals surface area contributed by atoms with Crippen molar-refractivity contribution in [3.05, 3.63) is 0 Å². The van der Waals surface area contributed by atoms with Crippen LogP contribution in [0.1, 0.15) is 78.1 Å². The molecule has 3 unspecified atom stereocenters. The summed E-state index contributed by atoms with van der Waals surface area (Å²) >= 11 is 0. The largest absolute Gasteiger partial charge is 0.0654 e. The number of unbranched alkanes of at least 4 members (excludes halogenated alkanes) is 4. The average Bonchev–Trinajstić information content (AvgIpc) is 2.55. The van der Waals surface area contributed by atoms with Crippen molar-refractivity contribution in [2.24, 2.45) is 23.7 Å². The molecule has 0 radical (unpaired) electrons. The van der Waals surface area contributed by atoms with Gasteiger partial charge in [0.25, 0.3) is 0 Å². The first kappa shape index (κ1) is 12.5. The molecule has 94 valence electrons. The van der Waals surface area contributed by atoms with Crippen molar-refractivity contribution >= 4 is 0 Å². The maximum absolute atomic E-state index is 2.52. The van der Waals surface area contributed by atoms with Crippen LogP contribution < -0.4 is 0 Å². The van der Waals surface area contributed by atoms with Crippen LogP contribution in [-0.4, -0.2) is 0 Å². The molecule has 0 amide bonds. The van der Waals surface area contributed by atoms with Gasteiger partial charge in [0.2, 0.25) is 0 Å². The van der Waals surface area contributed by atoms with Gasteiger partial charge in [0, 0.05) is 0 Å². The molecule has 0 heteroatoms. The Morgan fingerprint density at radius 1 is 0.938 bits per heavy atom. The van der Waals surface area contributed by atoms with Gasteiger partial charge in [0.05, 0.1) is 0 Å². The Morgan fingerprint density at radius 2 is 1.56 bits per heavy atom. The van der Waals surface area contributed by atoms with Crippen LogP contribution in [0.5, 0.6) is 0 Å². The highest BCUT2D eigenvalue weighted by Gasteiger charge is 2.41. The Balaban J connectivity index is 1.55. The molecule has 0 heterocycles. The van der Waals surface area contributed by atoms with Crippen LogP contribution in [0.2, 0.25) is 0 Å². The third-order valence-corrected chi connectivity index (χ3v) is 5.35. The van der Waals surface area contributed by atoms with Crippen molar-refractivity contribution in [1.82, 2.24) is 0 Å². The van der Waals surface area contributed by atoms with Crippen LogP contribution in [0.4, 0.5) is 0 Å². The van der Waals surface area contributed by atoms with E-state index in [1.807, 2.05) is 0 Å². The van der Waals surface area contributed by atoms with Gasteiger partial charge < -0.3 is 0 Å². The number of rotatable bonds is 7. The van der Waals surface area contributed by atoms with Crippen molar-refractivity contribution < 1.29 is 0 Å². The second-order valence-electron chi connectivity index (χ2n) is 6.51. The highest BCUT2D eigenvalue weighted by Crippen LogP contribution is 2.52. The van der Waals surface area contributed by atoms with E-state index >= 15 is 0 Å². The van der Waals surface area contributed by atoms with Crippen molar-refractivity contribution in [3.8, 4) is 0 Å². The molecule has 0 N–H and O–H groups in total. The zero-order valence-corrected chi connectivity index (χ0v) is 11.4. The zero-order chi connectivity index (χ0) is 11.4. The molecular formula is C16H30. The SMILES string of the molecule is CCCCCCCC(C)C1CC2CCC2C1. The lowest BCUT2D eigenvalue weighted by Crippen LogP contribution is -2.18. The molecule has 3 atom stereocenters. The van der Waals surface area contributed by atoms with Gasteiger partial charge in [-0.2, -0.15) is 0 Å². The number of hydrogen-bond acceptors (Lipinski definition) is 0. The minimum atomic E-state index is 1.02. The molecule has 2 aliphatic carbocycles. The Kier molecular flexibility index (Phi) is 4.73. The van der Waals surface area contributed by atoms with Crippen LogP contribution in [0.15, 0.2) is 0 Å². The Morgan fingerprint density at radius 3 is 2.12 bits per heavy atom. The lowest BCUT2D eigenvalue weighted by molar-refractivity contribution is 0.219. The first-order valence-electron chi connectivity index (χ1n) is 7.81. The number of hydrogen-bond donors (Lipinski definition) is 0. The third-order valence-electron chi connectivity index (χ3n) is 5.35. The van der Waals surface area contributed by atoms with E-state index in [0.717, 1.165) is 23.7 Å². The lowest BCUT2D eigenvalue weighted by atomic mass is 9.77. The molecule has 0 spiro atoms. The zero-order valence-electron chi connectivity index (χ0n) is 11.4. The summed E-state index contributed by atoms with van der Waals surface area (Å²) in [5, 5.41) is 0. The monoisotopic (exact) mass is 222 g/mol. The minimum absolute atomic E-state index is 1.02. The molecule has 0 aliphatic heterocycles. The lowest BCUT2D eigenvalue weighted by Gasteiger charge is -2.29. The molecule has 0 bridgehead atoms. The molecule has 2 rings (SSSR count). The molecule has 0 saturated heterocycles.